The largest absolute Gasteiger partial charge is 0.393 e. The van der Waals surface area contributed by atoms with E-state index in [2.05, 4.69) is 19.2 Å². The molecule has 2 amide bonds. The van der Waals surface area contributed by atoms with Crippen LogP contribution < -0.4 is 5.32 Å². The van der Waals surface area contributed by atoms with Crippen LogP contribution >= 0.6 is 0 Å². The Bertz CT molecular complexity index is 367. The lowest BCUT2D eigenvalue weighted by atomic mass is 9.86. The van der Waals surface area contributed by atoms with Gasteiger partial charge in [0, 0.05) is 25.6 Å². The standard InChI is InChI=1S/C18H34N2O3/c1-13(2)23-16-10-8-15(9-11-16)19-18(22)20(3)12-14-6-4-5-7-17(14)21/h13-17,21H,4-12H2,1-3H3,(H,19,22)/t14-,15?,16?,17+/m0/s1. The van der Waals surface area contributed by atoms with Crippen molar-refractivity contribution in [3.8, 4) is 0 Å². The van der Waals surface area contributed by atoms with Gasteiger partial charge in [-0.1, -0.05) is 12.8 Å². The van der Waals surface area contributed by atoms with Crippen molar-refractivity contribution >= 4 is 6.03 Å². The van der Waals surface area contributed by atoms with Crippen LogP contribution in [0.5, 0.6) is 0 Å². The Balaban J connectivity index is 1.70. The number of nitrogens with zero attached hydrogens (tertiary/aromatic N) is 1. The molecule has 2 N–H and O–H groups in total. The highest BCUT2D eigenvalue weighted by Gasteiger charge is 2.27. The molecule has 0 aromatic heterocycles. The first-order valence-corrected chi connectivity index (χ1v) is 9.31. The number of nitrogens with one attached hydrogen (secondary N) is 1. The lowest BCUT2D eigenvalue weighted by Gasteiger charge is -2.34. The van der Waals surface area contributed by atoms with Crippen LogP contribution in [0.4, 0.5) is 4.79 Å². The van der Waals surface area contributed by atoms with Crippen molar-refractivity contribution in [1.82, 2.24) is 10.2 Å². The van der Waals surface area contributed by atoms with Crippen LogP contribution in [0.3, 0.4) is 0 Å². The van der Waals surface area contributed by atoms with Crippen molar-refractivity contribution in [2.45, 2.75) is 89.6 Å². The average Bonchev–Trinajstić information content (AvgIpc) is 2.51. The summed E-state index contributed by atoms with van der Waals surface area (Å²) in [5.41, 5.74) is 0. The molecule has 5 heteroatoms. The minimum atomic E-state index is -0.248. The van der Waals surface area contributed by atoms with Gasteiger partial charge in [-0.25, -0.2) is 4.79 Å². The number of rotatable bonds is 5. The molecule has 0 spiro atoms. The summed E-state index contributed by atoms with van der Waals surface area (Å²) < 4.78 is 5.85. The van der Waals surface area contributed by atoms with E-state index in [0.717, 1.165) is 51.4 Å². The van der Waals surface area contributed by atoms with Gasteiger partial charge in [0.05, 0.1) is 18.3 Å². The minimum absolute atomic E-state index is 0.00370. The van der Waals surface area contributed by atoms with Crippen molar-refractivity contribution in [1.29, 1.82) is 0 Å². The highest BCUT2D eigenvalue weighted by Crippen LogP contribution is 2.25. The molecule has 0 aromatic rings. The fourth-order valence-corrected chi connectivity index (χ4v) is 3.85. The molecule has 0 heterocycles. The van der Waals surface area contributed by atoms with Crippen LogP contribution in [0.15, 0.2) is 0 Å². The van der Waals surface area contributed by atoms with E-state index in [0.29, 0.717) is 12.6 Å². The number of hydrogen-bond donors (Lipinski definition) is 2. The predicted octanol–water partition coefficient (Wildman–Crippen LogP) is 2.92. The molecule has 23 heavy (non-hydrogen) atoms. The molecular weight excluding hydrogens is 292 g/mol. The molecule has 2 aliphatic rings. The van der Waals surface area contributed by atoms with Gasteiger partial charge in [0.15, 0.2) is 0 Å². The maximum absolute atomic E-state index is 12.4. The predicted molar refractivity (Wildman–Crippen MR) is 91.4 cm³/mol. The van der Waals surface area contributed by atoms with Gasteiger partial charge in [-0.2, -0.15) is 0 Å². The fraction of sp³-hybridized carbons (Fsp3) is 0.944. The third-order valence-electron chi connectivity index (χ3n) is 5.19. The first-order chi connectivity index (χ1) is 11.0. The Hall–Kier alpha value is -0.810. The van der Waals surface area contributed by atoms with Gasteiger partial charge >= 0.3 is 6.03 Å². The van der Waals surface area contributed by atoms with Crippen molar-refractivity contribution < 1.29 is 14.6 Å². The van der Waals surface area contributed by atoms with Gasteiger partial charge in [-0.15, -0.1) is 0 Å². The molecule has 0 aliphatic heterocycles. The first-order valence-electron chi connectivity index (χ1n) is 9.31. The molecule has 134 valence electrons. The molecule has 2 aliphatic carbocycles. The molecule has 2 fully saturated rings. The Morgan fingerprint density at radius 2 is 1.83 bits per heavy atom. The van der Waals surface area contributed by atoms with Gasteiger partial charge in [0.25, 0.3) is 0 Å². The summed E-state index contributed by atoms with van der Waals surface area (Å²) in [5.74, 6) is 0.231. The zero-order valence-corrected chi connectivity index (χ0v) is 15.0. The maximum atomic E-state index is 12.4. The number of carbonyl (C=O) groups excluding carboxylic acids is 1. The summed E-state index contributed by atoms with van der Waals surface area (Å²) >= 11 is 0. The number of aliphatic hydroxyl groups is 1. The summed E-state index contributed by atoms with van der Waals surface area (Å²) in [6, 6.07) is 0.254. The zero-order chi connectivity index (χ0) is 16.8. The number of urea groups is 1. The van der Waals surface area contributed by atoms with Crippen LogP contribution in [0.1, 0.15) is 65.2 Å². The summed E-state index contributed by atoms with van der Waals surface area (Å²) in [4.78, 5) is 14.1. The lowest BCUT2D eigenvalue weighted by molar-refractivity contribution is -0.0158. The Morgan fingerprint density at radius 3 is 2.43 bits per heavy atom. The summed E-state index contributed by atoms with van der Waals surface area (Å²) in [6.45, 7) is 4.80. The molecule has 5 nitrogen and oxygen atoms in total. The molecule has 0 saturated heterocycles. The normalized spacial score (nSPS) is 31.9. The van der Waals surface area contributed by atoms with E-state index in [1.165, 1.54) is 0 Å². The highest BCUT2D eigenvalue weighted by atomic mass is 16.5. The lowest BCUT2D eigenvalue weighted by Crippen LogP contribution is -2.47. The highest BCUT2D eigenvalue weighted by molar-refractivity contribution is 5.74. The van der Waals surface area contributed by atoms with Gasteiger partial charge < -0.3 is 20.1 Å². The molecule has 2 rings (SSSR count). The van der Waals surface area contributed by atoms with E-state index >= 15 is 0 Å². The van der Waals surface area contributed by atoms with E-state index in [-0.39, 0.29) is 30.2 Å². The van der Waals surface area contributed by atoms with Crippen LogP contribution in [-0.2, 0) is 4.74 Å². The number of aliphatic hydroxyl groups excluding tert-OH is 1. The van der Waals surface area contributed by atoms with E-state index in [4.69, 9.17) is 4.74 Å². The molecule has 0 bridgehead atoms. The number of ether oxygens (including phenoxy) is 1. The van der Waals surface area contributed by atoms with Crippen molar-refractivity contribution in [2.24, 2.45) is 5.92 Å². The molecule has 0 unspecified atom stereocenters. The SMILES string of the molecule is CC(C)OC1CCC(NC(=O)N(C)C[C@@H]2CCCC[C@H]2O)CC1. The van der Waals surface area contributed by atoms with Crippen LogP contribution in [0, 0.1) is 5.92 Å². The third-order valence-corrected chi connectivity index (χ3v) is 5.19. The van der Waals surface area contributed by atoms with E-state index in [9.17, 15) is 9.90 Å². The van der Waals surface area contributed by atoms with E-state index in [1.807, 2.05) is 7.05 Å². The fourth-order valence-electron chi connectivity index (χ4n) is 3.85. The molecular formula is C18H34N2O3. The second-order valence-corrected chi connectivity index (χ2v) is 7.60. The third kappa shape index (κ3) is 5.96. The summed E-state index contributed by atoms with van der Waals surface area (Å²) in [5, 5.41) is 13.2. The first kappa shape index (κ1) is 18.5. The molecule has 2 saturated carbocycles. The monoisotopic (exact) mass is 326 g/mol. The molecule has 0 radical (unpaired) electrons. The van der Waals surface area contributed by atoms with Crippen LogP contribution in [-0.4, -0.2) is 54.0 Å². The minimum Gasteiger partial charge on any atom is -0.393 e. The Morgan fingerprint density at radius 1 is 1.17 bits per heavy atom. The van der Waals surface area contributed by atoms with E-state index in [1.54, 1.807) is 4.90 Å². The van der Waals surface area contributed by atoms with Crippen molar-refractivity contribution in [3.63, 3.8) is 0 Å². The Kier molecular flexibility index (Phi) is 7.15. The van der Waals surface area contributed by atoms with Crippen molar-refractivity contribution in [2.75, 3.05) is 13.6 Å². The topological polar surface area (TPSA) is 61.8 Å². The summed E-state index contributed by atoms with van der Waals surface area (Å²) in [7, 11) is 1.84. The zero-order valence-electron chi connectivity index (χ0n) is 15.0. The van der Waals surface area contributed by atoms with Gasteiger partial charge in [-0.3, -0.25) is 0 Å². The van der Waals surface area contributed by atoms with Gasteiger partial charge in [0.1, 0.15) is 0 Å². The second kappa shape index (κ2) is 8.88. The smallest absolute Gasteiger partial charge is 0.317 e. The molecule has 2 atom stereocenters. The van der Waals surface area contributed by atoms with Crippen LogP contribution in [0.2, 0.25) is 0 Å². The van der Waals surface area contributed by atoms with Gasteiger partial charge in [0.2, 0.25) is 0 Å². The van der Waals surface area contributed by atoms with Crippen LogP contribution in [0.25, 0.3) is 0 Å². The number of amides is 2. The number of carbonyl (C=O) groups is 1. The van der Waals surface area contributed by atoms with E-state index < -0.39 is 0 Å². The summed E-state index contributed by atoms with van der Waals surface area (Å²) in [6.07, 6.45) is 8.57. The maximum Gasteiger partial charge on any atom is 0.317 e. The average molecular weight is 326 g/mol. The Labute approximate surface area is 140 Å². The number of hydrogen-bond acceptors (Lipinski definition) is 3. The van der Waals surface area contributed by atoms with Gasteiger partial charge in [-0.05, 0) is 52.4 Å². The second-order valence-electron chi connectivity index (χ2n) is 7.60. The quantitative estimate of drug-likeness (QED) is 0.816. The van der Waals surface area contributed by atoms with Crippen molar-refractivity contribution in [3.05, 3.63) is 0 Å². The molecule has 0 aromatic carbocycles.